The number of halogens is 3. The van der Waals surface area contributed by atoms with Gasteiger partial charge in [-0.3, -0.25) is 38.9 Å². The number of hydrogen-bond acceptors (Lipinski definition) is 10. The number of benzene rings is 2. The molecule has 14 nitrogen and oxygen atoms in total. The number of alkyl halides is 3. The lowest BCUT2D eigenvalue weighted by Crippen LogP contribution is -2.54. The minimum atomic E-state index is -4.57. The van der Waals surface area contributed by atoms with Crippen LogP contribution in [0, 0.1) is 11.3 Å². The Morgan fingerprint density at radius 1 is 0.982 bits per heavy atom. The van der Waals surface area contributed by atoms with Crippen LogP contribution in [0.15, 0.2) is 61.1 Å². The predicted octanol–water partition coefficient (Wildman–Crippen LogP) is 4.57. The van der Waals surface area contributed by atoms with E-state index in [-0.39, 0.29) is 41.3 Å². The fourth-order valence-electron chi connectivity index (χ4n) is 7.73. The highest BCUT2D eigenvalue weighted by Gasteiger charge is 2.45. The van der Waals surface area contributed by atoms with Gasteiger partial charge in [0.25, 0.3) is 17.7 Å². The maximum Gasteiger partial charge on any atom is 0.416 e. The quantitative estimate of drug-likeness (QED) is 0.161. The van der Waals surface area contributed by atoms with E-state index in [2.05, 4.69) is 30.8 Å². The summed E-state index contributed by atoms with van der Waals surface area (Å²) >= 11 is 0. The molecule has 0 spiro atoms. The minimum Gasteiger partial charge on any atom is -0.371 e. The summed E-state index contributed by atoms with van der Waals surface area (Å²) in [6.45, 7) is 7.66. The van der Waals surface area contributed by atoms with Crippen molar-refractivity contribution in [2.24, 2.45) is 5.92 Å². The molecule has 3 fully saturated rings. The van der Waals surface area contributed by atoms with Gasteiger partial charge in [-0.15, -0.1) is 0 Å². The van der Waals surface area contributed by atoms with Crippen molar-refractivity contribution >= 4 is 52.8 Å². The number of anilines is 3. The number of hydrogen-bond donors (Lipinski definition) is 4. The first-order valence-electron chi connectivity index (χ1n) is 18.5. The summed E-state index contributed by atoms with van der Waals surface area (Å²) in [6.07, 6.45) is 4.63. The van der Waals surface area contributed by atoms with Crippen LogP contribution in [0.1, 0.15) is 77.3 Å². The Bertz CT molecular complexity index is 2120. The van der Waals surface area contributed by atoms with E-state index in [0.717, 1.165) is 80.1 Å². The molecule has 0 saturated carbocycles. The fourth-order valence-corrected chi connectivity index (χ4v) is 7.73. The van der Waals surface area contributed by atoms with Gasteiger partial charge in [0.1, 0.15) is 11.6 Å². The Balaban J connectivity index is 0.903. The van der Waals surface area contributed by atoms with Crippen molar-refractivity contribution in [3.05, 3.63) is 83.3 Å². The van der Waals surface area contributed by atoms with Crippen molar-refractivity contribution in [2.45, 2.75) is 63.2 Å². The molecule has 294 valence electrons. The SMILES string of the molecule is CC(C)(C(=O)Nc1ccc(C(F)(F)F)cc1N/C=C\C=N)n1cc(C2CCN(CC3CN(c4ccc5c(c4)C(=O)N(C4CCC(=O)NC4=O)C5=O)C3)CC2)cn1. The molecule has 4 aliphatic rings. The molecule has 5 heterocycles. The number of fused-ring (bicyclic) bond motifs is 1. The van der Waals surface area contributed by atoms with Gasteiger partial charge in [-0.2, -0.15) is 18.3 Å². The molecule has 5 amide bonds. The van der Waals surface area contributed by atoms with Gasteiger partial charge in [-0.25, -0.2) is 0 Å². The summed E-state index contributed by atoms with van der Waals surface area (Å²) in [6, 6.07) is 7.18. The van der Waals surface area contributed by atoms with E-state index in [1.54, 1.807) is 36.9 Å². The zero-order chi connectivity index (χ0) is 39.9. The molecule has 2 aromatic carbocycles. The second-order valence-electron chi connectivity index (χ2n) is 15.2. The van der Waals surface area contributed by atoms with Gasteiger partial charge in [0.05, 0.1) is 34.3 Å². The van der Waals surface area contributed by atoms with Crippen molar-refractivity contribution < 1.29 is 37.1 Å². The number of likely N-dealkylation sites (tertiary alicyclic amines) is 1. The van der Waals surface area contributed by atoms with Crippen molar-refractivity contribution in [1.82, 2.24) is 24.9 Å². The first-order valence-corrected chi connectivity index (χ1v) is 18.5. The molecule has 0 aliphatic carbocycles. The third-order valence-electron chi connectivity index (χ3n) is 11.1. The number of amides is 5. The lowest BCUT2D eigenvalue weighted by molar-refractivity contribution is -0.138. The summed E-state index contributed by atoms with van der Waals surface area (Å²) in [5.74, 6) is -1.89. The number of piperidine rings is 2. The minimum absolute atomic E-state index is 0.0297. The van der Waals surface area contributed by atoms with Gasteiger partial charge in [0.2, 0.25) is 11.8 Å². The molecule has 4 N–H and O–H groups in total. The maximum absolute atomic E-state index is 13.5. The number of aromatic nitrogens is 2. The molecular formula is C39H42F3N9O5. The predicted molar refractivity (Wildman–Crippen MR) is 200 cm³/mol. The van der Waals surface area contributed by atoms with Crippen molar-refractivity contribution in [3.63, 3.8) is 0 Å². The Labute approximate surface area is 320 Å². The average Bonchev–Trinajstić information content (AvgIpc) is 3.74. The lowest BCUT2D eigenvalue weighted by Gasteiger charge is -2.44. The number of rotatable bonds is 11. The molecule has 0 bridgehead atoms. The van der Waals surface area contributed by atoms with Gasteiger partial charge < -0.3 is 25.8 Å². The number of nitrogens with one attached hydrogen (secondary N) is 4. The topological polar surface area (TPSA) is 173 Å². The first kappa shape index (κ1) is 38.4. The normalized spacial score (nSPS) is 20.0. The Hall–Kier alpha value is -5.84. The molecule has 3 aromatic rings. The highest BCUT2D eigenvalue weighted by atomic mass is 19.4. The van der Waals surface area contributed by atoms with Crippen LogP contribution >= 0.6 is 0 Å². The number of carbonyl (C=O) groups excluding carboxylic acids is 5. The fraction of sp³-hybridized carbons (Fsp3) is 0.410. The van der Waals surface area contributed by atoms with Gasteiger partial charge >= 0.3 is 6.18 Å². The molecule has 0 radical (unpaired) electrons. The van der Waals surface area contributed by atoms with Crippen LogP contribution in [0.3, 0.4) is 0 Å². The first-order chi connectivity index (χ1) is 26.6. The van der Waals surface area contributed by atoms with Crippen LogP contribution in [0.25, 0.3) is 0 Å². The smallest absolute Gasteiger partial charge is 0.371 e. The van der Waals surface area contributed by atoms with Crippen LogP contribution < -0.4 is 20.9 Å². The molecule has 4 aliphatic heterocycles. The Kier molecular flexibility index (Phi) is 10.3. The van der Waals surface area contributed by atoms with Crippen LogP contribution in [0.4, 0.5) is 30.2 Å². The molecule has 56 heavy (non-hydrogen) atoms. The molecule has 1 unspecified atom stereocenters. The summed E-state index contributed by atoms with van der Waals surface area (Å²) in [5.41, 5.74) is 0.503. The van der Waals surface area contributed by atoms with Gasteiger partial charge in [-0.05, 0) is 100 Å². The monoisotopic (exact) mass is 773 g/mol. The third kappa shape index (κ3) is 7.54. The highest BCUT2D eigenvalue weighted by Crippen LogP contribution is 2.37. The van der Waals surface area contributed by atoms with Gasteiger partial charge in [0, 0.05) is 56.3 Å². The van der Waals surface area contributed by atoms with Crippen LogP contribution in [-0.2, 0) is 26.1 Å². The third-order valence-corrected chi connectivity index (χ3v) is 11.1. The second kappa shape index (κ2) is 15.0. The van der Waals surface area contributed by atoms with E-state index in [1.807, 2.05) is 12.3 Å². The molecule has 17 heteroatoms. The second-order valence-corrected chi connectivity index (χ2v) is 15.2. The highest BCUT2D eigenvalue weighted by molar-refractivity contribution is 6.23. The zero-order valence-electron chi connectivity index (χ0n) is 30.9. The van der Waals surface area contributed by atoms with Crippen molar-refractivity contribution in [1.29, 1.82) is 5.41 Å². The number of carbonyl (C=O) groups is 5. The summed E-state index contributed by atoms with van der Waals surface area (Å²) in [4.78, 5) is 69.4. The number of imide groups is 2. The number of nitrogens with zero attached hydrogens (tertiary/aromatic N) is 5. The molecule has 3 saturated heterocycles. The van der Waals surface area contributed by atoms with Gasteiger partial charge in [-0.1, -0.05) is 0 Å². The lowest BCUT2D eigenvalue weighted by atomic mass is 9.90. The largest absolute Gasteiger partial charge is 0.416 e. The molecule has 7 rings (SSSR count). The van der Waals surface area contributed by atoms with E-state index in [4.69, 9.17) is 5.41 Å². The Morgan fingerprint density at radius 2 is 1.71 bits per heavy atom. The average molecular weight is 774 g/mol. The summed E-state index contributed by atoms with van der Waals surface area (Å²) in [7, 11) is 0. The van der Waals surface area contributed by atoms with Crippen LogP contribution in [0.5, 0.6) is 0 Å². The van der Waals surface area contributed by atoms with Crippen LogP contribution in [-0.4, -0.2) is 94.1 Å². The summed E-state index contributed by atoms with van der Waals surface area (Å²) in [5, 5.41) is 19.3. The van der Waals surface area contributed by atoms with Crippen LogP contribution in [0.2, 0.25) is 0 Å². The number of allylic oxidation sites excluding steroid dienone is 1. The van der Waals surface area contributed by atoms with E-state index in [1.165, 1.54) is 18.3 Å². The maximum atomic E-state index is 13.5. The summed E-state index contributed by atoms with van der Waals surface area (Å²) < 4.78 is 41.7. The van der Waals surface area contributed by atoms with E-state index in [9.17, 15) is 37.1 Å². The van der Waals surface area contributed by atoms with E-state index < -0.39 is 52.9 Å². The Morgan fingerprint density at radius 3 is 2.41 bits per heavy atom. The molecule has 1 atom stereocenters. The van der Waals surface area contributed by atoms with Crippen molar-refractivity contribution in [2.75, 3.05) is 48.3 Å². The standard InChI is InChI=1S/C39H42F3N9O5/c1-38(2,37(56)46-30-7-4-26(39(40,41)42)16-31(30)44-13-3-12-43)50-22-25(18-45-50)24-10-14-48(15-11-24)19-23-20-49(21-23)27-5-6-28-29(17-27)36(55)51(35(28)54)32-8-9-33(52)47-34(32)53/h3-7,12-13,16-18,22-24,32,43-44H,8-11,14-15,19-21H2,1-2H3,(H,46,56)(H,47,52,53)/b13-3-,43-12?. The van der Waals surface area contributed by atoms with E-state index in [0.29, 0.717) is 5.92 Å². The van der Waals surface area contributed by atoms with Gasteiger partial charge in [0.15, 0.2) is 0 Å². The molecular weight excluding hydrogens is 731 g/mol. The molecule has 1 aromatic heterocycles. The van der Waals surface area contributed by atoms with Crippen molar-refractivity contribution in [3.8, 4) is 0 Å². The van der Waals surface area contributed by atoms with E-state index >= 15 is 0 Å². The zero-order valence-corrected chi connectivity index (χ0v) is 30.9.